The molecule has 2 atom stereocenters. The lowest BCUT2D eigenvalue weighted by atomic mass is 10.0. The summed E-state index contributed by atoms with van der Waals surface area (Å²) in [5.41, 5.74) is 0.738. The van der Waals surface area contributed by atoms with E-state index in [-0.39, 0.29) is 17.7 Å². The Morgan fingerprint density at radius 3 is 2.33 bits per heavy atom. The number of carboxylic acid groups (broad SMARTS) is 1. The van der Waals surface area contributed by atoms with Gasteiger partial charge in [0.15, 0.2) is 0 Å². The molecule has 1 aliphatic carbocycles. The van der Waals surface area contributed by atoms with Crippen molar-refractivity contribution in [2.45, 2.75) is 19.3 Å². The summed E-state index contributed by atoms with van der Waals surface area (Å²) in [6, 6.07) is 7.33. The number of nitrogens with one attached hydrogen (secondary N) is 1. The lowest BCUT2D eigenvalue weighted by Crippen LogP contribution is -2.21. The molecule has 0 spiro atoms. The zero-order chi connectivity index (χ0) is 13.1. The summed E-state index contributed by atoms with van der Waals surface area (Å²) in [7, 11) is 0. The highest BCUT2D eigenvalue weighted by Gasteiger charge is 2.33. The molecule has 18 heavy (non-hydrogen) atoms. The Labute approximate surface area is 114 Å². The maximum absolute atomic E-state index is 12.0. The average molecular weight is 312 g/mol. The SMILES string of the molecule is O=C(O)[C@H]1CC[C@@H](C(=O)Nc2ccc(Br)cc2)C1. The van der Waals surface area contributed by atoms with Gasteiger partial charge in [-0.25, -0.2) is 0 Å². The Kier molecular flexibility index (Phi) is 4.01. The number of anilines is 1. The highest BCUT2D eigenvalue weighted by Crippen LogP contribution is 2.31. The van der Waals surface area contributed by atoms with Gasteiger partial charge >= 0.3 is 5.97 Å². The molecule has 0 radical (unpaired) electrons. The second-order valence-corrected chi connectivity index (χ2v) is 5.46. The molecule has 0 unspecified atom stereocenters. The van der Waals surface area contributed by atoms with E-state index in [1.807, 2.05) is 24.3 Å². The van der Waals surface area contributed by atoms with Crippen LogP contribution in [-0.4, -0.2) is 17.0 Å². The van der Waals surface area contributed by atoms with Crippen LogP contribution < -0.4 is 5.32 Å². The standard InChI is InChI=1S/C13H14BrNO3/c14-10-3-5-11(6-4-10)15-12(16)8-1-2-9(7-8)13(17)18/h3-6,8-9H,1-2,7H2,(H,15,16)(H,17,18)/t8-,9+/m1/s1. The van der Waals surface area contributed by atoms with Crippen LogP contribution in [0.15, 0.2) is 28.7 Å². The first-order valence-corrected chi connectivity index (χ1v) is 6.65. The third-order valence-electron chi connectivity index (χ3n) is 3.26. The predicted molar refractivity (Wildman–Crippen MR) is 71.2 cm³/mol. The van der Waals surface area contributed by atoms with Crippen molar-refractivity contribution in [2.75, 3.05) is 5.32 Å². The second-order valence-electron chi connectivity index (χ2n) is 4.54. The summed E-state index contributed by atoms with van der Waals surface area (Å²) in [5, 5.41) is 11.7. The van der Waals surface area contributed by atoms with Crippen LogP contribution in [0.4, 0.5) is 5.69 Å². The zero-order valence-corrected chi connectivity index (χ0v) is 11.3. The molecular weight excluding hydrogens is 298 g/mol. The predicted octanol–water partition coefficient (Wildman–Crippen LogP) is 2.89. The lowest BCUT2D eigenvalue weighted by molar-refractivity contribution is -0.141. The number of rotatable bonds is 3. The fraction of sp³-hybridized carbons (Fsp3) is 0.385. The van der Waals surface area contributed by atoms with Crippen LogP contribution in [0.2, 0.25) is 0 Å². The van der Waals surface area contributed by atoms with E-state index in [4.69, 9.17) is 5.11 Å². The summed E-state index contributed by atoms with van der Waals surface area (Å²) in [5.74, 6) is -1.43. The fourth-order valence-electron chi connectivity index (χ4n) is 2.22. The number of amides is 1. The van der Waals surface area contributed by atoms with Gasteiger partial charge in [-0.15, -0.1) is 0 Å². The quantitative estimate of drug-likeness (QED) is 0.902. The van der Waals surface area contributed by atoms with E-state index in [0.717, 1.165) is 10.2 Å². The number of halogens is 1. The van der Waals surface area contributed by atoms with Crippen molar-refractivity contribution in [3.8, 4) is 0 Å². The zero-order valence-electron chi connectivity index (χ0n) is 9.73. The fourth-order valence-corrected chi connectivity index (χ4v) is 2.49. The molecule has 1 aromatic carbocycles. The molecule has 0 aromatic heterocycles. The molecule has 1 aromatic rings. The number of carbonyl (C=O) groups is 2. The first-order chi connectivity index (χ1) is 8.56. The number of carboxylic acids is 1. The molecule has 1 aliphatic rings. The van der Waals surface area contributed by atoms with E-state index in [2.05, 4.69) is 21.2 Å². The Balaban J connectivity index is 1.93. The van der Waals surface area contributed by atoms with Crippen molar-refractivity contribution in [1.82, 2.24) is 0 Å². The lowest BCUT2D eigenvalue weighted by Gasteiger charge is -2.10. The molecule has 0 bridgehead atoms. The minimum absolute atomic E-state index is 0.0823. The first kappa shape index (κ1) is 13.1. The van der Waals surface area contributed by atoms with Crippen LogP contribution in [-0.2, 0) is 9.59 Å². The summed E-state index contributed by atoms with van der Waals surface area (Å²) in [6.45, 7) is 0. The van der Waals surface area contributed by atoms with Gasteiger partial charge in [-0.1, -0.05) is 15.9 Å². The number of aliphatic carboxylic acids is 1. The van der Waals surface area contributed by atoms with Crippen LogP contribution in [0.3, 0.4) is 0 Å². The van der Waals surface area contributed by atoms with Crippen LogP contribution in [0.5, 0.6) is 0 Å². The van der Waals surface area contributed by atoms with Crippen molar-refractivity contribution in [1.29, 1.82) is 0 Å². The van der Waals surface area contributed by atoms with Crippen LogP contribution in [0.1, 0.15) is 19.3 Å². The van der Waals surface area contributed by atoms with E-state index < -0.39 is 5.97 Å². The van der Waals surface area contributed by atoms with E-state index >= 15 is 0 Å². The summed E-state index contributed by atoms with van der Waals surface area (Å²) >= 11 is 3.32. The Hall–Kier alpha value is -1.36. The van der Waals surface area contributed by atoms with E-state index in [0.29, 0.717) is 19.3 Å². The second kappa shape index (κ2) is 5.52. The molecular formula is C13H14BrNO3. The van der Waals surface area contributed by atoms with Gasteiger partial charge in [-0.3, -0.25) is 9.59 Å². The molecule has 1 amide bonds. The molecule has 2 N–H and O–H groups in total. The van der Waals surface area contributed by atoms with Gasteiger partial charge in [0.2, 0.25) is 5.91 Å². The molecule has 5 heteroatoms. The third kappa shape index (κ3) is 3.10. The van der Waals surface area contributed by atoms with Crippen LogP contribution >= 0.6 is 15.9 Å². The minimum atomic E-state index is -0.797. The maximum Gasteiger partial charge on any atom is 0.306 e. The Morgan fingerprint density at radius 1 is 1.17 bits per heavy atom. The van der Waals surface area contributed by atoms with E-state index in [1.165, 1.54) is 0 Å². The molecule has 0 heterocycles. The van der Waals surface area contributed by atoms with Crippen molar-refractivity contribution in [2.24, 2.45) is 11.8 Å². The number of hydrogen-bond acceptors (Lipinski definition) is 2. The third-order valence-corrected chi connectivity index (χ3v) is 3.79. The summed E-state index contributed by atoms with van der Waals surface area (Å²) < 4.78 is 0.951. The van der Waals surface area contributed by atoms with Crippen molar-refractivity contribution in [3.05, 3.63) is 28.7 Å². The van der Waals surface area contributed by atoms with Gasteiger partial charge in [0.05, 0.1) is 5.92 Å². The molecule has 96 valence electrons. The molecule has 0 saturated heterocycles. The Bertz CT molecular complexity index is 458. The molecule has 1 fully saturated rings. The minimum Gasteiger partial charge on any atom is -0.481 e. The van der Waals surface area contributed by atoms with Gasteiger partial charge in [0, 0.05) is 16.1 Å². The van der Waals surface area contributed by atoms with Crippen molar-refractivity contribution < 1.29 is 14.7 Å². The van der Waals surface area contributed by atoms with Crippen molar-refractivity contribution >= 4 is 33.5 Å². The molecule has 0 aliphatic heterocycles. The van der Waals surface area contributed by atoms with Crippen LogP contribution in [0.25, 0.3) is 0 Å². The molecule has 4 nitrogen and oxygen atoms in total. The largest absolute Gasteiger partial charge is 0.481 e. The van der Waals surface area contributed by atoms with Gasteiger partial charge in [-0.2, -0.15) is 0 Å². The maximum atomic E-state index is 12.0. The highest BCUT2D eigenvalue weighted by atomic mass is 79.9. The van der Waals surface area contributed by atoms with E-state index in [9.17, 15) is 9.59 Å². The van der Waals surface area contributed by atoms with Crippen molar-refractivity contribution in [3.63, 3.8) is 0 Å². The average Bonchev–Trinajstić information content (AvgIpc) is 2.81. The van der Waals surface area contributed by atoms with Gasteiger partial charge in [0.1, 0.15) is 0 Å². The molecule has 1 saturated carbocycles. The van der Waals surface area contributed by atoms with Crippen LogP contribution in [0, 0.1) is 11.8 Å². The Morgan fingerprint density at radius 2 is 1.78 bits per heavy atom. The number of benzene rings is 1. The summed E-state index contributed by atoms with van der Waals surface area (Å²) in [4.78, 5) is 22.8. The number of hydrogen-bond donors (Lipinski definition) is 2. The van der Waals surface area contributed by atoms with Gasteiger partial charge in [-0.05, 0) is 43.5 Å². The molecule has 2 rings (SSSR count). The van der Waals surface area contributed by atoms with Gasteiger partial charge < -0.3 is 10.4 Å². The monoisotopic (exact) mass is 311 g/mol. The van der Waals surface area contributed by atoms with Gasteiger partial charge in [0.25, 0.3) is 0 Å². The van der Waals surface area contributed by atoms with E-state index in [1.54, 1.807) is 0 Å². The topological polar surface area (TPSA) is 66.4 Å². The summed E-state index contributed by atoms with van der Waals surface area (Å²) in [6.07, 6.45) is 1.69. The normalized spacial score (nSPS) is 22.7. The highest BCUT2D eigenvalue weighted by molar-refractivity contribution is 9.10. The first-order valence-electron chi connectivity index (χ1n) is 5.85. The number of carbonyl (C=O) groups excluding carboxylic acids is 1. The smallest absolute Gasteiger partial charge is 0.306 e.